The number of aromatic amines is 1. The van der Waals surface area contributed by atoms with Crippen molar-refractivity contribution in [3.8, 4) is 0 Å². The number of fused-ring (bicyclic) bond motifs is 1. The lowest BCUT2D eigenvalue weighted by atomic mass is 10.2. The molecule has 0 spiro atoms. The van der Waals surface area contributed by atoms with Crippen LogP contribution in [0.2, 0.25) is 0 Å². The van der Waals surface area contributed by atoms with E-state index in [1.165, 1.54) is 12.5 Å². The fraction of sp³-hybridized carbons (Fsp3) is 0.0769. The summed E-state index contributed by atoms with van der Waals surface area (Å²) < 4.78 is 5.33. The Labute approximate surface area is 112 Å². The number of aryl methyl sites for hydroxylation is 1. The summed E-state index contributed by atoms with van der Waals surface area (Å²) in [5.41, 5.74) is 0.440. The van der Waals surface area contributed by atoms with Crippen LogP contribution in [0.15, 0.2) is 40.1 Å². The number of pyridine rings is 1. The molecule has 3 aromatic heterocycles. The summed E-state index contributed by atoms with van der Waals surface area (Å²) >= 11 is 0. The van der Waals surface area contributed by atoms with E-state index in [4.69, 9.17) is 4.42 Å². The second-order valence-corrected chi connectivity index (χ2v) is 4.14. The normalized spacial score (nSPS) is 10.7. The summed E-state index contributed by atoms with van der Waals surface area (Å²) in [6.07, 6.45) is 4.34. The lowest BCUT2D eigenvalue weighted by Crippen LogP contribution is -2.16. The van der Waals surface area contributed by atoms with Gasteiger partial charge in [-0.25, -0.2) is 4.98 Å². The molecule has 0 unspecified atom stereocenters. The average Bonchev–Trinajstić information content (AvgIpc) is 2.77. The summed E-state index contributed by atoms with van der Waals surface area (Å²) in [6, 6.07) is 3.40. The minimum Gasteiger partial charge on any atom is -0.442 e. The topological polar surface area (TPSA) is 101 Å². The van der Waals surface area contributed by atoms with Gasteiger partial charge in [-0.15, -0.1) is 0 Å². The Hall–Kier alpha value is -2.96. The third kappa shape index (κ3) is 1.95. The fourth-order valence-electron chi connectivity index (χ4n) is 1.96. The predicted molar refractivity (Wildman–Crippen MR) is 71.6 cm³/mol. The SMILES string of the molecule is Cc1oc2nc[nH]c(=O)c2c1C(=O)Nc1cccnc1. The van der Waals surface area contributed by atoms with Crippen LogP contribution in [0, 0.1) is 6.92 Å². The van der Waals surface area contributed by atoms with Gasteiger partial charge in [0.1, 0.15) is 11.1 Å². The van der Waals surface area contributed by atoms with E-state index in [9.17, 15) is 9.59 Å². The summed E-state index contributed by atoms with van der Waals surface area (Å²) in [7, 11) is 0. The highest BCUT2D eigenvalue weighted by molar-refractivity contribution is 6.12. The second-order valence-electron chi connectivity index (χ2n) is 4.14. The maximum atomic E-state index is 12.3. The van der Waals surface area contributed by atoms with Gasteiger partial charge >= 0.3 is 0 Å². The number of hydrogen-bond donors (Lipinski definition) is 2. The van der Waals surface area contributed by atoms with Gasteiger partial charge in [0.05, 0.1) is 23.8 Å². The number of anilines is 1. The zero-order valence-electron chi connectivity index (χ0n) is 10.5. The largest absolute Gasteiger partial charge is 0.442 e. The molecule has 0 aliphatic rings. The Bertz CT molecular complexity index is 836. The van der Waals surface area contributed by atoms with Crippen molar-refractivity contribution in [2.75, 3.05) is 5.32 Å². The maximum absolute atomic E-state index is 12.3. The molecule has 0 aliphatic carbocycles. The first-order valence-corrected chi connectivity index (χ1v) is 5.85. The Morgan fingerprint density at radius 1 is 1.45 bits per heavy atom. The molecule has 0 radical (unpaired) electrons. The average molecular weight is 270 g/mol. The first-order chi connectivity index (χ1) is 9.66. The number of hydrogen-bond acceptors (Lipinski definition) is 5. The molecule has 0 aliphatic heterocycles. The molecule has 0 bridgehead atoms. The minimum atomic E-state index is -0.437. The summed E-state index contributed by atoms with van der Waals surface area (Å²) in [5.74, 6) is -0.0988. The van der Waals surface area contributed by atoms with Crippen LogP contribution >= 0.6 is 0 Å². The van der Waals surface area contributed by atoms with Gasteiger partial charge in [-0.05, 0) is 19.1 Å². The highest BCUT2D eigenvalue weighted by atomic mass is 16.3. The van der Waals surface area contributed by atoms with Crippen LogP contribution in [0.4, 0.5) is 5.69 Å². The van der Waals surface area contributed by atoms with Crippen LogP contribution in [-0.2, 0) is 0 Å². The number of aromatic nitrogens is 3. The van der Waals surface area contributed by atoms with Crippen molar-refractivity contribution in [2.24, 2.45) is 0 Å². The first kappa shape index (κ1) is 12.1. The number of H-pyrrole nitrogens is 1. The van der Waals surface area contributed by atoms with Crippen LogP contribution in [0.5, 0.6) is 0 Å². The first-order valence-electron chi connectivity index (χ1n) is 5.85. The van der Waals surface area contributed by atoms with E-state index in [1.54, 1.807) is 25.3 Å². The molecule has 0 aromatic carbocycles. The predicted octanol–water partition coefficient (Wildman–Crippen LogP) is 1.47. The number of amides is 1. The van der Waals surface area contributed by atoms with Crippen molar-refractivity contribution in [3.05, 3.63) is 52.5 Å². The van der Waals surface area contributed by atoms with E-state index in [1.807, 2.05) is 0 Å². The third-order valence-electron chi connectivity index (χ3n) is 2.82. The highest BCUT2D eigenvalue weighted by Gasteiger charge is 2.21. The number of furan rings is 1. The minimum absolute atomic E-state index is 0.141. The summed E-state index contributed by atoms with van der Waals surface area (Å²) in [6.45, 7) is 1.61. The Morgan fingerprint density at radius 3 is 3.05 bits per heavy atom. The van der Waals surface area contributed by atoms with Crippen molar-refractivity contribution in [3.63, 3.8) is 0 Å². The van der Waals surface area contributed by atoms with Crippen molar-refractivity contribution < 1.29 is 9.21 Å². The van der Waals surface area contributed by atoms with Crippen LogP contribution in [0.25, 0.3) is 11.1 Å². The summed E-state index contributed by atoms with van der Waals surface area (Å²) in [4.78, 5) is 34.3. The van der Waals surface area contributed by atoms with Crippen LogP contribution in [0.1, 0.15) is 16.1 Å². The standard InChI is InChI=1S/C13H10N4O3/c1-7-9(10-11(18)15-6-16-13(10)20-7)12(19)17-8-3-2-4-14-5-8/h2-6H,1H3,(H,17,19)(H,15,16,18). The quantitative estimate of drug-likeness (QED) is 0.734. The van der Waals surface area contributed by atoms with Gasteiger partial charge in [0.2, 0.25) is 5.71 Å². The van der Waals surface area contributed by atoms with Gasteiger partial charge in [-0.2, -0.15) is 0 Å². The molecule has 3 aromatic rings. The van der Waals surface area contributed by atoms with E-state index in [0.29, 0.717) is 11.4 Å². The molecule has 0 atom stereocenters. The van der Waals surface area contributed by atoms with E-state index >= 15 is 0 Å². The van der Waals surface area contributed by atoms with Gasteiger partial charge in [-0.1, -0.05) is 0 Å². The number of rotatable bonds is 2. The summed E-state index contributed by atoms with van der Waals surface area (Å²) in [5, 5.41) is 2.81. The molecular formula is C13H10N4O3. The molecule has 1 amide bonds. The molecule has 7 nitrogen and oxygen atoms in total. The third-order valence-corrected chi connectivity index (χ3v) is 2.82. The van der Waals surface area contributed by atoms with E-state index < -0.39 is 11.5 Å². The number of carbonyl (C=O) groups excluding carboxylic acids is 1. The molecule has 100 valence electrons. The van der Waals surface area contributed by atoms with Crippen molar-refractivity contribution in [1.82, 2.24) is 15.0 Å². The Balaban J connectivity index is 2.08. The highest BCUT2D eigenvalue weighted by Crippen LogP contribution is 2.21. The van der Waals surface area contributed by atoms with Crippen LogP contribution < -0.4 is 10.9 Å². The number of nitrogens with zero attached hydrogens (tertiary/aromatic N) is 2. The molecule has 20 heavy (non-hydrogen) atoms. The van der Waals surface area contributed by atoms with Crippen LogP contribution in [0.3, 0.4) is 0 Å². The smallest absolute Gasteiger partial charge is 0.262 e. The fourth-order valence-corrected chi connectivity index (χ4v) is 1.96. The molecular weight excluding hydrogens is 260 g/mol. The number of carbonyl (C=O) groups is 1. The maximum Gasteiger partial charge on any atom is 0.262 e. The van der Waals surface area contributed by atoms with Crippen molar-refractivity contribution >= 4 is 22.7 Å². The zero-order chi connectivity index (χ0) is 14.1. The van der Waals surface area contributed by atoms with Gasteiger partial charge < -0.3 is 14.7 Å². The number of nitrogens with one attached hydrogen (secondary N) is 2. The van der Waals surface area contributed by atoms with Crippen molar-refractivity contribution in [1.29, 1.82) is 0 Å². The lowest BCUT2D eigenvalue weighted by Gasteiger charge is -2.03. The van der Waals surface area contributed by atoms with E-state index in [0.717, 1.165) is 0 Å². The van der Waals surface area contributed by atoms with Crippen LogP contribution in [-0.4, -0.2) is 20.9 Å². The molecule has 3 heterocycles. The van der Waals surface area contributed by atoms with Gasteiger partial charge in [-0.3, -0.25) is 14.6 Å². The van der Waals surface area contributed by atoms with Gasteiger partial charge in [0, 0.05) is 6.20 Å². The molecule has 0 saturated heterocycles. The van der Waals surface area contributed by atoms with Gasteiger partial charge in [0.15, 0.2) is 0 Å². The molecule has 7 heteroatoms. The van der Waals surface area contributed by atoms with E-state index in [2.05, 4.69) is 20.3 Å². The van der Waals surface area contributed by atoms with E-state index in [-0.39, 0.29) is 16.7 Å². The molecule has 3 rings (SSSR count). The van der Waals surface area contributed by atoms with Gasteiger partial charge in [0.25, 0.3) is 11.5 Å². The monoisotopic (exact) mass is 270 g/mol. The van der Waals surface area contributed by atoms with Crippen molar-refractivity contribution in [2.45, 2.75) is 6.92 Å². The Morgan fingerprint density at radius 2 is 2.30 bits per heavy atom. The molecule has 2 N–H and O–H groups in total. The second kappa shape index (κ2) is 4.61. The zero-order valence-corrected chi connectivity index (χ0v) is 10.5. The molecule has 0 saturated carbocycles. The molecule has 0 fully saturated rings. The lowest BCUT2D eigenvalue weighted by molar-refractivity contribution is 0.102. The Kier molecular flexibility index (Phi) is 2.79.